The van der Waals surface area contributed by atoms with Crippen LogP contribution < -0.4 is 10.1 Å². The van der Waals surface area contributed by atoms with E-state index in [4.69, 9.17) is 4.74 Å². The second-order valence-electron chi connectivity index (χ2n) is 9.21. The average molecular weight is 475 g/mol. The van der Waals surface area contributed by atoms with Gasteiger partial charge in [0, 0.05) is 19.0 Å². The minimum atomic E-state index is -0.696. The summed E-state index contributed by atoms with van der Waals surface area (Å²) >= 11 is 0. The summed E-state index contributed by atoms with van der Waals surface area (Å²) in [5.41, 5.74) is 3.90. The third-order valence-corrected chi connectivity index (χ3v) is 6.30. The summed E-state index contributed by atoms with van der Waals surface area (Å²) in [6.45, 7) is 6.50. The van der Waals surface area contributed by atoms with Gasteiger partial charge in [-0.15, -0.1) is 0 Å². The lowest BCUT2D eigenvalue weighted by Gasteiger charge is -2.39. The van der Waals surface area contributed by atoms with Crippen LogP contribution in [0.25, 0.3) is 0 Å². The van der Waals surface area contributed by atoms with Gasteiger partial charge >= 0.3 is 0 Å². The van der Waals surface area contributed by atoms with Crippen molar-refractivity contribution in [1.82, 2.24) is 10.2 Å². The van der Waals surface area contributed by atoms with E-state index < -0.39 is 6.10 Å². The highest BCUT2D eigenvalue weighted by Gasteiger charge is 2.33. The predicted octanol–water partition coefficient (Wildman–Crippen LogP) is 5.04. The van der Waals surface area contributed by atoms with Crippen molar-refractivity contribution in [3.05, 3.63) is 101 Å². The second-order valence-corrected chi connectivity index (χ2v) is 9.21. The lowest BCUT2D eigenvalue weighted by molar-refractivity contribution is -0.136. The van der Waals surface area contributed by atoms with Crippen LogP contribution in [0.5, 0.6) is 5.75 Å². The molecular formula is C29H31FN2O3. The number of amides is 2. The van der Waals surface area contributed by atoms with Crippen LogP contribution in [-0.2, 0) is 22.6 Å². The minimum Gasteiger partial charge on any atom is -0.481 e. The molecule has 4 rings (SSSR count). The zero-order valence-electron chi connectivity index (χ0n) is 20.3. The van der Waals surface area contributed by atoms with E-state index in [1.54, 1.807) is 19.1 Å². The molecule has 0 saturated carbocycles. The number of ether oxygens (including phenoxy) is 1. The summed E-state index contributed by atoms with van der Waals surface area (Å²) < 4.78 is 19.7. The molecule has 1 heterocycles. The third-order valence-electron chi connectivity index (χ3n) is 6.30. The molecule has 0 aromatic heterocycles. The van der Waals surface area contributed by atoms with E-state index in [1.165, 1.54) is 12.1 Å². The highest BCUT2D eigenvalue weighted by atomic mass is 19.1. The lowest BCUT2D eigenvalue weighted by Crippen LogP contribution is -2.42. The maximum atomic E-state index is 13.6. The van der Waals surface area contributed by atoms with E-state index in [1.807, 2.05) is 67.3 Å². The third kappa shape index (κ3) is 5.70. The van der Waals surface area contributed by atoms with Crippen molar-refractivity contribution in [2.45, 2.75) is 45.9 Å². The van der Waals surface area contributed by atoms with Crippen LogP contribution in [-0.4, -0.2) is 29.4 Å². The molecule has 35 heavy (non-hydrogen) atoms. The van der Waals surface area contributed by atoms with Crippen LogP contribution >= 0.6 is 0 Å². The molecule has 3 aromatic carbocycles. The summed E-state index contributed by atoms with van der Waals surface area (Å²) in [6, 6.07) is 21.4. The van der Waals surface area contributed by atoms with Gasteiger partial charge in [-0.05, 0) is 59.9 Å². The molecule has 6 heteroatoms. The maximum Gasteiger partial charge on any atom is 0.261 e. The Kier molecular flexibility index (Phi) is 7.49. The van der Waals surface area contributed by atoms with Crippen LogP contribution in [0.1, 0.15) is 49.1 Å². The van der Waals surface area contributed by atoms with Crippen molar-refractivity contribution >= 4 is 11.8 Å². The highest BCUT2D eigenvalue weighted by molar-refractivity contribution is 5.81. The molecule has 1 aliphatic heterocycles. The van der Waals surface area contributed by atoms with Gasteiger partial charge in [-0.3, -0.25) is 9.59 Å². The van der Waals surface area contributed by atoms with Crippen molar-refractivity contribution in [2.24, 2.45) is 5.92 Å². The van der Waals surface area contributed by atoms with Gasteiger partial charge in [0.15, 0.2) is 6.10 Å². The van der Waals surface area contributed by atoms with Gasteiger partial charge in [-0.25, -0.2) is 4.39 Å². The standard InChI is InChI=1S/C29H31FN2O3/c1-19(2)29(34)32-16-15-22-11-14-25(17-26(22)27(32)23-9-12-24(30)13-10-23)35-20(3)28(33)31-18-21-7-5-4-6-8-21/h4-14,17,19-20,27H,15-16,18H2,1-3H3,(H,31,33)/t20-,27+/m0/s1. The quantitative estimate of drug-likeness (QED) is 0.522. The summed E-state index contributed by atoms with van der Waals surface area (Å²) in [4.78, 5) is 27.5. The molecule has 0 aliphatic carbocycles. The number of rotatable bonds is 7. The molecule has 3 aromatic rings. The van der Waals surface area contributed by atoms with Gasteiger partial charge < -0.3 is 15.0 Å². The molecule has 5 nitrogen and oxygen atoms in total. The normalized spacial score (nSPS) is 15.9. The van der Waals surface area contributed by atoms with Crippen LogP contribution in [0.2, 0.25) is 0 Å². The van der Waals surface area contributed by atoms with E-state index in [0.717, 1.165) is 28.7 Å². The van der Waals surface area contributed by atoms with Gasteiger partial charge in [0.2, 0.25) is 5.91 Å². The van der Waals surface area contributed by atoms with Crippen molar-refractivity contribution in [1.29, 1.82) is 0 Å². The number of fused-ring (bicyclic) bond motifs is 1. The van der Waals surface area contributed by atoms with E-state index in [2.05, 4.69) is 5.32 Å². The van der Waals surface area contributed by atoms with E-state index in [9.17, 15) is 14.0 Å². The van der Waals surface area contributed by atoms with Crippen LogP contribution in [0.3, 0.4) is 0 Å². The van der Waals surface area contributed by atoms with Crippen molar-refractivity contribution in [3.63, 3.8) is 0 Å². The maximum absolute atomic E-state index is 13.6. The van der Waals surface area contributed by atoms with E-state index >= 15 is 0 Å². The van der Waals surface area contributed by atoms with E-state index in [0.29, 0.717) is 18.8 Å². The monoisotopic (exact) mass is 474 g/mol. The van der Waals surface area contributed by atoms with Crippen molar-refractivity contribution in [3.8, 4) is 5.75 Å². The fraction of sp³-hybridized carbons (Fsp3) is 0.310. The Labute approximate surface area is 205 Å². The molecule has 0 saturated heterocycles. The smallest absolute Gasteiger partial charge is 0.261 e. The molecule has 0 unspecified atom stereocenters. The second kappa shape index (κ2) is 10.7. The van der Waals surface area contributed by atoms with Gasteiger partial charge in [-0.2, -0.15) is 0 Å². The fourth-order valence-electron chi connectivity index (χ4n) is 4.43. The molecule has 0 radical (unpaired) electrons. The first-order chi connectivity index (χ1) is 16.8. The summed E-state index contributed by atoms with van der Waals surface area (Å²) in [5.74, 6) is -0.0912. The van der Waals surface area contributed by atoms with Gasteiger partial charge in [0.1, 0.15) is 11.6 Å². The largest absolute Gasteiger partial charge is 0.481 e. The number of carbonyl (C=O) groups excluding carboxylic acids is 2. The molecule has 0 bridgehead atoms. The zero-order valence-corrected chi connectivity index (χ0v) is 20.3. The first-order valence-electron chi connectivity index (χ1n) is 12.0. The van der Waals surface area contributed by atoms with Crippen LogP contribution in [0.15, 0.2) is 72.8 Å². The Morgan fingerprint density at radius 3 is 2.43 bits per heavy atom. The average Bonchev–Trinajstić information content (AvgIpc) is 2.87. The van der Waals surface area contributed by atoms with Crippen LogP contribution in [0.4, 0.5) is 4.39 Å². The molecule has 0 spiro atoms. The molecule has 182 valence electrons. The fourth-order valence-corrected chi connectivity index (χ4v) is 4.43. The van der Waals surface area contributed by atoms with Crippen LogP contribution in [0, 0.1) is 11.7 Å². The Morgan fingerprint density at radius 1 is 1.03 bits per heavy atom. The molecule has 0 fully saturated rings. The summed E-state index contributed by atoms with van der Waals surface area (Å²) in [5, 5.41) is 2.90. The molecule has 1 N–H and O–H groups in total. The molecular weight excluding hydrogens is 443 g/mol. The molecule has 2 atom stereocenters. The van der Waals surface area contributed by atoms with Gasteiger partial charge in [0.05, 0.1) is 6.04 Å². The van der Waals surface area contributed by atoms with Gasteiger partial charge in [-0.1, -0.05) is 62.4 Å². The topological polar surface area (TPSA) is 58.6 Å². The first kappa shape index (κ1) is 24.5. The Bertz CT molecular complexity index is 1180. The van der Waals surface area contributed by atoms with Crippen molar-refractivity contribution in [2.75, 3.05) is 6.54 Å². The lowest BCUT2D eigenvalue weighted by atomic mass is 9.87. The summed E-state index contributed by atoms with van der Waals surface area (Å²) in [7, 11) is 0. The number of hydrogen-bond donors (Lipinski definition) is 1. The predicted molar refractivity (Wildman–Crippen MR) is 133 cm³/mol. The first-order valence-corrected chi connectivity index (χ1v) is 12.0. The number of nitrogens with zero attached hydrogens (tertiary/aromatic N) is 1. The number of hydrogen-bond acceptors (Lipinski definition) is 3. The number of nitrogens with one attached hydrogen (secondary N) is 1. The van der Waals surface area contributed by atoms with Gasteiger partial charge in [0.25, 0.3) is 5.91 Å². The Balaban J connectivity index is 1.57. The SMILES string of the molecule is CC(C)C(=O)N1CCc2ccc(O[C@@H](C)C(=O)NCc3ccccc3)cc2[C@H]1c1ccc(F)cc1. The number of benzene rings is 3. The summed E-state index contributed by atoms with van der Waals surface area (Å²) in [6.07, 6.45) is 0.0248. The highest BCUT2D eigenvalue weighted by Crippen LogP contribution is 2.38. The molecule has 2 amide bonds. The number of carbonyl (C=O) groups is 2. The zero-order chi connectivity index (χ0) is 24.9. The number of halogens is 1. The minimum absolute atomic E-state index is 0.0463. The van der Waals surface area contributed by atoms with E-state index in [-0.39, 0.29) is 29.6 Å². The van der Waals surface area contributed by atoms with Crippen molar-refractivity contribution < 1.29 is 18.7 Å². The Hall–Kier alpha value is -3.67. The molecule has 1 aliphatic rings. The Morgan fingerprint density at radius 2 is 1.74 bits per heavy atom.